The third-order valence-electron chi connectivity index (χ3n) is 2.50. The summed E-state index contributed by atoms with van der Waals surface area (Å²) >= 11 is 0. The molecule has 2 heterocycles. The summed E-state index contributed by atoms with van der Waals surface area (Å²) in [6, 6.07) is 8.32. The van der Waals surface area contributed by atoms with Crippen molar-refractivity contribution in [1.29, 1.82) is 0 Å². The lowest BCUT2D eigenvalue weighted by molar-refractivity contribution is 0.570. The van der Waals surface area contributed by atoms with Gasteiger partial charge in [-0.05, 0) is 30.3 Å². The van der Waals surface area contributed by atoms with E-state index in [1.807, 2.05) is 30.3 Å². The van der Waals surface area contributed by atoms with Crippen molar-refractivity contribution in [3.05, 3.63) is 48.5 Å². The first-order chi connectivity index (χ1) is 8.75. The highest BCUT2D eigenvalue weighted by atomic mass is 16.3. The predicted octanol–water partition coefficient (Wildman–Crippen LogP) is 3.35. The van der Waals surface area contributed by atoms with E-state index in [2.05, 4.69) is 30.2 Å². The molecule has 2 rings (SSSR count). The smallest absolute Gasteiger partial charge is 0.136 e. The first kappa shape index (κ1) is 12.6. The second-order valence-corrected chi connectivity index (χ2v) is 4.41. The lowest BCUT2D eigenvalue weighted by atomic mass is 10.2. The molecule has 0 saturated heterocycles. The van der Waals surface area contributed by atoms with Gasteiger partial charge in [-0.2, -0.15) is 0 Å². The quantitative estimate of drug-likeness (QED) is 0.873. The monoisotopic (exact) mass is 242 g/mol. The number of hydrogen-bond acceptors (Lipinski definition) is 3. The minimum absolute atomic E-state index is 0.497. The van der Waals surface area contributed by atoms with E-state index in [1.54, 1.807) is 12.4 Å². The van der Waals surface area contributed by atoms with Crippen LogP contribution in [0.1, 0.15) is 19.6 Å². The fourth-order valence-corrected chi connectivity index (χ4v) is 1.58. The zero-order valence-corrected chi connectivity index (χ0v) is 10.8. The van der Waals surface area contributed by atoms with Crippen LogP contribution in [0.2, 0.25) is 0 Å². The van der Waals surface area contributed by atoms with Crippen LogP contribution in [0.15, 0.2) is 47.2 Å². The van der Waals surface area contributed by atoms with Gasteiger partial charge in [-0.15, -0.1) is 0 Å². The standard InChI is InChI=1S/C15H18N2O/c1-12(2)17-10-4-6-14-7-8-15(18-14)13-5-3-9-16-11-13/h3-9,11-12,17H,10H2,1-2H3. The number of aromatic nitrogens is 1. The van der Waals surface area contributed by atoms with E-state index in [0.717, 1.165) is 23.6 Å². The highest BCUT2D eigenvalue weighted by Crippen LogP contribution is 2.21. The molecular formula is C15H18N2O. The molecule has 0 atom stereocenters. The van der Waals surface area contributed by atoms with Crippen LogP contribution in [0.25, 0.3) is 17.4 Å². The number of hydrogen-bond donors (Lipinski definition) is 1. The molecule has 3 heteroatoms. The van der Waals surface area contributed by atoms with Crippen LogP contribution in [-0.2, 0) is 0 Å². The predicted molar refractivity (Wildman–Crippen MR) is 74.1 cm³/mol. The summed E-state index contributed by atoms with van der Waals surface area (Å²) in [7, 11) is 0. The van der Waals surface area contributed by atoms with Crippen molar-refractivity contribution in [3.8, 4) is 11.3 Å². The van der Waals surface area contributed by atoms with Gasteiger partial charge >= 0.3 is 0 Å². The molecule has 0 aliphatic carbocycles. The van der Waals surface area contributed by atoms with Gasteiger partial charge in [0.15, 0.2) is 0 Å². The number of rotatable bonds is 5. The number of pyridine rings is 1. The Morgan fingerprint density at radius 2 is 2.22 bits per heavy atom. The molecule has 0 aliphatic heterocycles. The molecule has 0 amide bonds. The minimum atomic E-state index is 0.497. The topological polar surface area (TPSA) is 38.1 Å². The maximum Gasteiger partial charge on any atom is 0.136 e. The van der Waals surface area contributed by atoms with E-state index >= 15 is 0 Å². The molecular weight excluding hydrogens is 224 g/mol. The van der Waals surface area contributed by atoms with Gasteiger partial charge in [0.1, 0.15) is 11.5 Å². The molecule has 0 unspecified atom stereocenters. The molecule has 0 aromatic carbocycles. The highest BCUT2D eigenvalue weighted by molar-refractivity contribution is 5.58. The van der Waals surface area contributed by atoms with Gasteiger partial charge < -0.3 is 9.73 Å². The molecule has 0 fully saturated rings. The van der Waals surface area contributed by atoms with E-state index in [0.29, 0.717) is 6.04 Å². The first-order valence-corrected chi connectivity index (χ1v) is 6.16. The molecule has 2 aromatic rings. The lowest BCUT2D eigenvalue weighted by Gasteiger charge is -2.02. The Balaban J connectivity index is 1.98. The van der Waals surface area contributed by atoms with E-state index in [1.165, 1.54) is 0 Å². The van der Waals surface area contributed by atoms with Gasteiger partial charge in [-0.1, -0.05) is 19.9 Å². The Morgan fingerprint density at radius 1 is 1.33 bits per heavy atom. The molecule has 2 aromatic heterocycles. The summed E-state index contributed by atoms with van der Waals surface area (Å²) in [6.45, 7) is 5.10. The van der Waals surface area contributed by atoms with Crippen molar-refractivity contribution in [2.45, 2.75) is 19.9 Å². The average molecular weight is 242 g/mol. The Kier molecular flexibility index (Phi) is 4.31. The molecule has 0 aliphatic rings. The zero-order chi connectivity index (χ0) is 12.8. The van der Waals surface area contributed by atoms with Gasteiger partial charge in [-0.25, -0.2) is 0 Å². The average Bonchev–Trinajstić information content (AvgIpc) is 2.84. The van der Waals surface area contributed by atoms with E-state index < -0.39 is 0 Å². The molecule has 0 saturated carbocycles. The van der Waals surface area contributed by atoms with Gasteiger partial charge in [0.05, 0.1) is 0 Å². The third kappa shape index (κ3) is 3.57. The largest absolute Gasteiger partial charge is 0.457 e. The van der Waals surface area contributed by atoms with Crippen molar-refractivity contribution in [3.63, 3.8) is 0 Å². The Morgan fingerprint density at radius 3 is 2.94 bits per heavy atom. The van der Waals surface area contributed by atoms with Crippen molar-refractivity contribution in [1.82, 2.24) is 10.3 Å². The molecule has 3 nitrogen and oxygen atoms in total. The molecule has 94 valence electrons. The second kappa shape index (κ2) is 6.17. The number of furan rings is 1. The van der Waals surface area contributed by atoms with Crippen LogP contribution >= 0.6 is 0 Å². The zero-order valence-electron chi connectivity index (χ0n) is 10.8. The SMILES string of the molecule is CC(C)NCC=Cc1ccc(-c2cccnc2)o1. The number of nitrogens with zero attached hydrogens (tertiary/aromatic N) is 1. The first-order valence-electron chi connectivity index (χ1n) is 6.16. The third-order valence-corrected chi connectivity index (χ3v) is 2.50. The summed E-state index contributed by atoms with van der Waals surface area (Å²) in [5.41, 5.74) is 0.998. The summed E-state index contributed by atoms with van der Waals surface area (Å²) in [4.78, 5) is 4.08. The normalized spacial score (nSPS) is 11.5. The molecule has 0 bridgehead atoms. The van der Waals surface area contributed by atoms with Crippen LogP contribution in [-0.4, -0.2) is 17.6 Å². The minimum Gasteiger partial charge on any atom is -0.457 e. The van der Waals surface area contributed by atoms with Gasteiger partial charge in [-0.3, -0.25) is 4.98 Å². The van der Waals surface area contributed by atoms with E-state index in [-0.39, 0.29) is 0 Å². The van der Waals surface area contributed by atoms with Gasteiger partial charge in [0.2, 0.25) is 0 Å². The van der Waals surface area contributed by atoms with Crippen molar-refractivity contribution in [2.75, 3.05) is 6.54 Å². The van der Waals surface area contributed by atoms with Crippen molar-refractivity contribution < 1.29 is 4.42 Å². The van der Waals surface area contributed by atoms with Crippen LogP contribution in [0.5, 0.6) is 0 Å². The van der Waals surface area contributed by atoms with Crippen LogP contribution in [0.3, 0.4) is 0 Å². The van der Waals surface area contributed by atoms with Crippen molar-refractivity contribution in [2.24, 2.45) is 0 Å². The van der Waals surface area contributed by atoms with Gasteiger partial charge in [0.25, 0.3) is 0 Å². The molecule has 18 heavy (non-hydrogen) atoms. The van der Waals surface area contributed by atoms with Crippen LogP contribution in [0.4, 0.5) is 0 Å². The Hall–Kier alpha value is -1.87. The second-order valence-electron chi connectivity index (χ2n) is 4.41. The van der Waals surface area contributed by atoms with E-state index in [9.17, 15) is 0 Å². The van der Waals surface area contributed by atoms with Gasteiger partial charge in [0, 0.05) is 30.5 Å². The summed E-state index contributed by atoms with van der Waals surface area (Å²) in [5.74, 6) is 1.71. The van der Waals surface area contributed by atoms with Crippen molar-refractivity contribution >= 4 is 6.08 Å². The highest BCUT2D eigenvalue weighted by Gasteiger charge is 2.01. The summed E-state index contributed by atoms with van der Waals surface area (Å²) in [5, 5.41) is 3.32. The summed E-state index contributed by atoms with van der Waals surface area (Å²) in [6.07, 6.45) is 7.60. The Labute approximate surface area is 108 Å². The van der Waals surface area contributed by atoms with E-state index in [4.69, 9.17) is 4.42 Å². The molecule has 0 spiro atoms. The van der Waals surface area contributed by atoms with Crippen LogP contribution < -0.4 is 5.32 Å². The van der Waals surface area contributed by atoms with Crippen LogP contribution in [0, 0.1) is 0 Å². The Bertz CT molecular complexity index is 500. The summed E-state index contributed by atoms with van der Waals surface area (Å²) < 4.78 is 5.72. The fourth-order valence-electron chi connectivity index (χ4n) is 1.58. The molecule has 0 radical (unpaired) electrons. The maximum atomic E-state index is 5.72. The fraction of sp³-hybridized carbons (Fsp3) is 0.267. The molecule has 1 N–H and O–H groups in total. The lowest BCUT2D eigenvalue weighted by Crippen LogP contribution is -2.22. The number of nitrogens with one attached hydrogen (secondary N) is 1. The maximum absolute atomic E-state index is 5.72.